The molecule has 3 aromatic rings. The third-order valence-electron chi connectivity index (χ3n) is 2.86. The molecule has 3 rings (SSSR count). The van der Waals surface area contributed by atoms with Gasteiger partial charge in [0.2, 0.25) is 5.78 Å². The average Bonchev–Trinajstić information content (AvgIpc) is 2.46. The normalized spacial score (nSPS) is 10.7. The topological polar surface area (TPSA) is 42.9 Å². The van der Waals surface area contributed by atoms with E-state index < -0.39 is 5.82 Å². The number of fused-ring (bicyclic) bond motifs is 1. The van der Waals surface area contributed by atoms with E-state index in [1.807, 2.05) is 30.3 Å². The van der Waals surface area contributed by atoms with Gasteiger partial charge in [0.25, 0.3) is 0 Å². The quantitative estimate of drug-likeness (QED) is 0.672. The Balaban J connectivity index is 2.14. The van der Waals surface area contributed by atoms with E-state index in [9.17, 15) is 9.18 Å². The van der Waals surface area contributed by atoms with E-state index in [2.05, 4.69) is 25.9 Å². The highest BCUT2D eigenvalue weighted by Crippen LogP contribution is 2.23. The lowest BCUT2D eigenvalue weighted by Crippen LogP contribution is -2.06. The first-order chi connectivity index (χ1) is 9.65. The first kappa shape index (κ1) is 12.9. The van der Waals surface area contributed by atoms with E-state index in [0.717, 1.165) is 17.6 Å². The number of halogens is 2. The van der Waals surface area contributed by atoms with Gasteiger partial charge in [-0.25, -0.2) is 9.37 Å². The van der Waals surface area contributed by atoms with Gasteiger partial charge in [0.15, 0.2) is 0 Å². The number of aromatic nitrogens is 2. The lowest BCUT2D eigenvalue weighted by Gasteiger charge is -2.05. The minimum Gasteiger partial charge on any atom is -0.287 e. The Hall–Kier alpha value is -2.14. The number of para-hydroxylation sites is 1. The first-order valence-corrected chi connectivity index (χ1v) is 6.65. The Kier molecular flexibility index (Phi) is 3.28. The van der Waals surface area contributed by atoms with Crippen molar-refractivity contribution in [3.63, 3.8) is 0 Å². The molecule has 0 bridgehead atoms. The molecule has 0 aliphatic rings. The molecule has 2 heterocycles. The van der Waals surface area contributed by atoms with Crippen molar-refractivity contribution in [2.45, 2.75) is 0 Å². The molecular formula is C15H8BrFN2O. The maximum absolute atomic E-state index is 13.1. The number of nitrogens with zero attached hydrogens (tertiary/aromatic N) is 2. The largest absolute Gasteiger partial charge is 0.287 e. The van der Waals surface area contributed by atoms with Crippen LogP contribution >= 0.6 is 15.9 Å². The minimum atomic E-state index is -0.548. The van der Waals surface area contributed by atoms with Crippen molar-refractivity contribution < 1.29 is 9.18 Å². The van der Waals surface area contributed by atoms with Crippen LogP contribution in [0.4, 0.5) is 4.39 Å². The van der Waals surface area contributed by atoms with Crippen molar-refractivity contribution in [3.05, 3.63) is 70.3 Å². The number of hydrogen-bond acceptors (Lipinski definition) is 3. The third-order valence-corrected chi connectivity index (χ3v) is 3.46. The number of carbonyl (C=O) groups excluding carboxylic acids is 1. The van der Waals surface area contributed by atoms with Crippen molar-refractivity contribution in [1.29, 1.82) is 0 Å². The van der Waals surface area contributed by atoms with Gasteiger partial charge in [0, 0.05) is 21.6 Å². The summed E-state index contributed by atoms with van der Waals surface area (Å²) in [4.78, 5) is 20.4. The van der Waals surface area contributed by atoms with Gasteiger partial charge >= 0.3 is 0 Å². The fraction of sp³-hybridized carbons (Fsp3) is 0. The predicted octanol–water partition coefficient (Wildman–Crippen LogP) is 3.76. The van der Waals surface area contributed by atoms with Crippen LogP contribution in [-0.2, 0) is 0 Å². The summed E-state index contributed by atoms with van der Waals surface area (Å²) >= 11 is 3.34. The van der Waals surface area contributed by atoms with Crippen LogP contribution in [0.25, 0.3) is 10.9 Å². The molecule has 2 aromatic heterocycles. The maximum Gasteiger partial charge on any atom is 0.214 e. The summed E-state index contributed by atoms with van der Waals surface area (Å²) in [6, 6.07) is 10.4. The second-order valence-corrected chi connectivity index (χ2v) is 5.09. The average molecular weight is 331 g/mol. The lowest BCUT2D eigenvalue weighted by molar-refractivity contribution is 0.103. The molecule has 98 valence electrons. The van der Waals surface area contributed by atoms with Gasteiger partial charge in [-0.05, 0) is 34.1 Å². The molecule has 0 saturated carbocycles. The Morgan fingerprint density at radius 2 is 1.95 bits per heavy atom. The van der Waals surface area contributed by atoms with Gasteiger partial charge < -0.3 is 0 Å². The number of rotatable bonds is 2. The van der Waals surface area contributed by atoms with Crippen molar-refractivity contribution in [1.82, 2.24) is 9.97 Å². The van der Waals surface area contributed by atoms with Gasteiger partial charge in [-0.15, -0.1) is 0 Å². The van der Waals surface area contributed by atoms with Crippen molar-refractivity contribution in [3.8, 4) is 0 Å². The molecule has 0 spiro atoms. The number of pyridine rings is 2. The van der Waals surface area contributed by atoms with Crippen LogP contribution in [0, 0.1) is 5.82 Å². The molecular weight excluding hydrogens is 323 g/mol. The molecule has 0 saturated heterocycles. The highest BCUT2D eigenvalue weighted by atomic mass is 79.9. The Morgan fingerprint density at radius 1 is 1.15 bits per heavy atom. The highest BCUT2D eigenvalue weighted by molar-refractivity contribution is 9.10. The van der Waals surface area contributed by atoms with Crippen LogP contribution in [0.1, 0.15) is 16.1 Å². The molecule has 0 fully saturated rings. The van der Waals surface area contributed by atoms with Gasteiger partial charge in [0.05, 0.1) is 11.7 Å². The van der Waals surface area contributed by atoms with Crippen LogP contribution in [0.2, 0.25) is 0 Å². The van der Waals surface area contributed by atoms with Crippen LogP contribution in [0.5, 0.6) is 0 Å². The standard InChI is InChI=1S/C15H8BrFN2O/c16-12-6-9-3-1-2-4-13(9)19-14(12)15(20)10-5-11(17)8-18-7-10/h1-8H. The molecule has 0 atom stereocenters. The van der Waals surface area contributed by atoms with Crippen molar-refractivity contribution in [2.24, 2.45) is 0 Å². The summed E-state index contributed by atoms with van der Waals surface area (Å²) in [6.45, 7) is 0. The fourth-order valence-electron chi connectivity index (χ4n) is 1.92. The van der Waals surface area contributed by atoms with Crippen LogP contribution in [-0.4, -0.2) is 15.8 Å². The Labute approximate surface area is 122 Å². The van der Waals surface area contributed by atoms with E-state index in [1.165, 1.54) is 6.20 Å². The smallest absolute Gasteiger partial charge is 0.214 e. The van der Waals surface area contributed by atoms with E-state index in [1.54, 1.807) is 0 Å². The highest BCUT2D eigenvalue weighted by Gasteiger charge is 2.16. The summed E-state index contributed by atoms with van der Waals surface area (Å²) in [7, 11) is 0. The van der Waals surface area contributed by atoms with Crippen LogP contribution in [0.3, 0.4) is 0 Å². The number of hydrogen-bond donors (Lipinski definition) is 0. The molecule has 0 amide bonds. The molecule has 0 radical (unpaired) electrons. The van der Waals surface area contributed by atoms with Gasteiger partial charge in [-0.1, -0.05) is 18.2 Å². The van der Waals surface area contributed by atoms with E-state index in [4.69, 9.17) is 0 Å². The van der Waals surface area contributed by atoms with Gasteiger partial charge in [-0.2, -0.15) is 0 Å². The summed E-state index contributed by atoms with van der Waals surface area (Å²) in [5, 5.41) is 0.924. The second-order valence-electron chi connectivity index (χ2n) is 4.23. The first-order valence-electron chi connectivity index (χ1n) is 5.86. The summed E-state index contributed by atoms with van der Waals surface area (Å²) in [5.41, 5.74) is 1.13. The third kappa shape index (κ3) is 2.32. The number of benzene rings is 1. The zero-order valence-electron chi connectivity index (χ0n) is 10.2. The molecule has 0 aliphatic heterocycles. The van der Waals surface area contributed by atoms with Gasteiger partial charge in [0.1, 0.15) is 11.5 Å². The minimum absolute atomic E-state index is 0.175. The SMILES string of the molecule is O=C(c1cncc(F)c1)c1nc2ccccc2cc1Br. The molecule has 3 nitrogen and oxygen atoms in total. The van der Waals surface area contributed by atoms with E-state index in [-0.39, 0.29) is 17.0 Å². The Bertz CT molecular complexity index is 820. The van der Waals surface area contributed by atoms with Crippen LogP contribution < -0.4 is 0 Å². The molecule has 20 heavy (non-hydrogen) atoms. The zero-order chi connectivity index (χ0) is 14.1. The Morgan fingerprint density at radius 3 is 2.75 bits per heavy atom. The lowest BCUT2D eigenvalue weighted by atomic mass is 10.1. The second kappa shape index (κ2) is 5.09. The predicted molar refractivity (Wildman–Crippen MR) is 77.1 cm³/mol. The summed E-state index contributed by atoms with van der Waals surface area (Å²) < 4.78 is 13.7. The van der Waals surface area contributed by atoms with E-state index in [0.29, 0.717) is 9.99 Å². The molecule has 0 unspecified atom stereocenters. The maximum atomic E-state index is 13.1. The summed E-state index contributed by atoms with van der Waals surface area (Å²) in [5.74, 6) is -0.914. The van der Waals surface area contributed by atoms with E-state index >= 15 is 0 Å². The number of carbonyl (C=O) groups is 1. The summed E-state index contributed by atoms with van der Waals surface area (Å²) in [6.07, 6.45) is 2.38. The molecule has 5 heteroatoms. The fourth-order valence-corrected chi connectivity index (χ4v) is 2.44. The van der Waals surface area contributed by atoms with Crippen molar-refractivity contribution in [2.75, 3.05) is 0 Å². The monoisotopic (exact) mass is 330 g/mol. The molecule has 0 N–H and O–H groups in total. The molecule has 0 aliphatic carbocycles. The zero-order valence-corrected chi connectivity index (χ0v) is 11.8. The van der Waals surface area contributed by atoms with Crippen molar-refractivity contribution >= 4 is 32.6 Å². The van der Waals surface area contributed by atoms with Gasteiger partial charge in [-0.3, -0.25) is 9.78 Å². The van der Waals surface area contributed by atoms with Crippen LogP contribution in [0.15, 0.2) is 53.3 Å². The molecule has 1 aromatic carbocycles. The number of ketones is 1.